The van der Waals surface area contributed by atoms with Crippen LogP contribution in [0.3, 0.4) is 0 Å². The van der Waals surface area contributed by atoms with E-state index in [9.17, 15) is 14.4 Å². The van der Waals surface area contributed by atoms with Crippen LogP contribution in [0.2, 0.25) is 0 Å². The van der Waals surface area contributed by atoms with Gasteiger partial charge in [0.2, 0.25) is 0 Å². The predicted molar refractivity (Wildman–Crippen MR) is 86.7 cm³/mol. The highest BCUT2D eigenvalue weighted by atomic mass is 16.5. The Hall–Kier alpha value is -1.93. The van der Waals surface area contributed by atoms with E-state index in [1.54, 1.807) is 6.92 Å². The molecule has 0 radical (unpaired) electrons. The largest absolute Gasteiger partial charge is 0.384 e. The predicted octanol–water partition coefficient (Wildman–Crippen LogP) is -0.653. The fourth-order valence-electron chi connectivity index (χ4n) is 3.00. The molecule has 23 heavy (non-hydrogen) atoms. The number of hydrogen-bond acceptors (Lipinski definition) is 6. The van der Waals surface area contributed by atoms with E-state index >= 15 is 0 Å². The third-order valence-corrected chi connectivity index (χ3v) is 4.33. The van der Waals surface area contributed by atoms with Crippen molar-refractivity contribution in [2.24, 2.45) is 14.1 Å². The van der Waals surface area contributed by atoms with E-state index in [1.165, 1.54) is 14.1 Å². The van der Waals surface area contributed by atoms with E-state index in [1.807, 2.05) is 18.7 Å². The minimum atomic E-state index is -0.656. The molecule has 0 unspecified atom stereocenters. The van der Waals surface area contributed by atoms with E-state index in [0.717, 1.165) is 9.13 Å². The number of nitrogen functional groups attached to an aromatic ring is 1. The topological polar surface area (TPSA) is 99.6 Å². The number of ether oxygens (including phenoxy) is 1. The maximum Gasteiger partial charge on any atom is 0.332 e. The Kier molecular flexibility index (Phi) is 4.76. The van der Waals surface area contributed by atoms with Gasteiger partial charge in [0.05, 0.1) is 18.2 Å². The van der Waals surface area contributed by atoms with Crippen LogP contribution in [0.15, 0.2) is 9.59 Å². The molecule has 8 nitrogen and oxygen atoms in total. The van der Waals surface area contributed by atoms with Crippen LogP contribution in [0.5, 0.6) is 0 Å². The molecule has 1 aromatic rings. The molecular weight excluding hydrogens is 300 g/mol. The number of anilines is 1. The van der Waals surface area contributed by atoms with Crippen LogP contribution in [0.25, 0.3) is 0 Å². The Morgan fingerprint density at radius 2 is 1.70 bits per heavy atom. The van der Waals surface area contributed by atoms with Crippen molar-refractivity contribution < 1.29 is 9.53 Å². The first-order valence-electron chi connectivity index (χ1n) is 7.64. The molecule has 2 heterocycles. The van der Waals surface area contributed by atoms with Crippen LogP contribution in [-0.2, 0) is 18.8 Å². The van der Waals surface area contributed by atoms with Crippen LogP contribution < -0.4 is 17.0 Å². The van der Waals surface area contributed by atoms with Gasteiger partial charge in [-0.3, -0.25) is 23.6 Å². The van der Waals surface area contributed by atoms with Gasteiger partial charge in [0, 0.05) is 27.2 Å². The summed E-state index contributed by atoms with van der Waals surface area (Å²) in [6.45, 7) is 6.84. The minimum Gasteiger partial charge on any atom is -0.384 e. The van der Waals surface area contributed by atoms with Gasteiger partial charge in [-0.05, 0) is 20.8 Å². The molecule has 1 aliphatic heterocycles. The number of rotatable bonds is 3. The summed E-state index contributed by atoms with van der Waals surface area (Å²) in [5.41, 5.74) is 4.52. The summed E-state index contributed by atoms with van der Waals surface area (Å²) in [6, 6.07) is -0.517. The lowest BCUT2D eigenvalue weighted by atomic mass is 10.0. The number of nitrogens with two attached hydrogens (primary N) is 1. The zero-order chi connectivity index (χ0) is 17.5. The molecule has 2 N–H and O–H groups in total. The molecule has 0 bridgehead atoms. The average molecular weight is 324 g/mol. The van der Waals surface area contributed by atoms with Crippen molar-refractivity contribution in [1.82, 2.24) is 14.0 Å². The van der Waals surface area contributed by atoms with Crippen LogP contribution in [0, 0.1) is 0 Å². The molecule has 1 aromatic heterocycles. The number of Topliss-reactive ketones (excluding diaryl/α,β-unsaturated/α-hetero) is 1. The van der Waals surface area contributed by atoms with Gasteiger partial charge in [0.25, 0.3) is 5.56 Å². The number of nitrogens with zero attached hydrogens (tertiary/aromatic N) is 3. The molecule has 0 saturated carbocycles. The fraction of sp³-hybridized carbons (Fsp3) is 0.667. The molecule has 1 saturated heterocycles. The first-order valence-corrected chi connectivity index (χ1v) is 7.64. The first kappa shape index (κ1) is 17.4. The van der Waals surface area contributed by atoms with Crippen molar-refractivity contribution in [2.45, 2.75) is 39.0 Å². The maximum absolute atomic E-state index is 12.8. The summed E-state index contributed by atoms with van der Waals surface area (Å²) in [5.74, 6) is -0.468. The van der Waals surface area contributed by atoms with E-state index in [2.05, 4.69) is 0 Å². The Labute approximate surface area is 134 Å². The van der Waals surface area contributed by atoms with Crippen molar-refractivity contribution in [3.8, 4) is 0 Å². The van der Waals surface area contributed by atoms with E-state index < -0.39 is 17.3 Å². The van der Waals surface area contributed by atoms with Crippen molar-refractivity contribution in [3.05, 3.63) is 26.4 Å². The average Bonchev–Trinajstić information content (AvgIpc) is 2.49. The van der Waals surface area contributed by atoms with Crippen LogP contribution in [0.4, 0.5) is 5.82 Å². The van der Waals surface area contributed by atoms with Gasteiger partial charge in [-0.15, -0.1) is 0 Å². The maximum atomic E-state index is 12.8. The van der Waals surface area contributed by atoms with Crippen LogP contribution in [-0.4, -0.2) is 51.2 Å². The zero-order valence-electron chi connectivity index (χ0n) is 14.2. The van der Waals surface area contributed by atoms with E-state index in [4.69, 9.17) is 10.5 Å². The molecular formula is C15H24N4O4. The number of morpholine rings is 1. The summed E-state index contributed by atoms with van der Waals surface area (Å²) in [7, 11) is 2.78. The second-order valence-corrected chi connectivity index (χ2v) is 6.22. The van der Waals surface area contributed by atoms with Crippen LogP contribution in [0.1, 0.15) is 31.1 Å². The lowest BCUT2D eigenvalue weighted by molar-refractivity contribution is -0.0744. The molecule has 0 amide bonds. The molecule has 0 aliphatic carbocycles. The van der Waals surface area contributed by atoms with E-state index in [-0.39, 0.29) is 29.4 Å². The molecule has 1 fully saturated rings. The highest BCUT2D eigenvalue weighted by molar-refractivity contribution is 6.03. The number of carbonyl (C=O) groups is 1. The standard InChI is InChI=1S/C15H24N4O4/c1-8-6-19(7-9(2)23-8)10(3)12(20)11-13(16)17(4)15(22)18(5)14(11)21/h8-10H,6-7,16H2,1-5H3/t8-,9-,10-/m1/s1. The molecule has 8 heteroatoms. The van der Waals surface area contributed by atoms with E-state index in [0.29, 0.717) is 13.1 Å². The second kappa shape index (κ2) is 6.29. The zero-order valence-corrected chi connectivity index (χ0v) is 14.2. The van der Waals surface area contributed by atoms with Gasteiger partial charge in [0.15, 0.2) is 5.78 Å². The number of hydrogen-bond donors (Lipinski definition) is 1. The molecule has 0 aromatic carbocycles. The fourth-order valence-corrected chi connectivity index (χ4v) is 3.00. The SMILES string of the molecule is C[C@@H]1CN([C@H](C)C(=O)c2c(N)n(C)c(=O)n(C)c2=O)C[C@@H](C)O1. The van der Waals surface area contributed by atoms with Crippen LogP contribution >= 0.6 is 0 Å². The summed E-state index contributed by atoms with van der Waals surface area (Å²) >= 11 is 0. The van der Waals surface area contributed by atoms with Crippen molar-refractivity contribution in [1.29, 1.82) is 0 Å². The Morgan fingerprint density at radius 3 is 2.22 bits per heavy atom. The summed E-state index contributed by atoms with van der Waals surface area (Å²) in [5, 5.41) is 0. The van der Waals surface area contributed by atoms with Gasteiger partial charge >= 0.3 is 5.69 Å². The quantitative estimate of drug-likeness (QED) is 0.742. The van der Waals surface area contributed by atoms with Gasteiger partial charge < -0.3 is 10.5 Å². The van der Waals surface area contributed by atoms with Gasteiger partial charge in [0.1, 0.15) is 11.4 Å². The third kappa shape index (κ3) is 3.09. The molecule has 2 rings (SSSR count). The minimum absolute atomic E-state index is 0.00862. The molecule has 1 aliphatic rings. The van der Waals surface area contributed by atoms with Gasteiger partial charge in [-0.25, -0.2) is 4.79 Å². The Balaban J connectivity index is 2.41. The monoisotopic (exact) mass is 324 g/mol. The highest BCUT2D eigenvalue weighted by Gasteiger charge is 2.32. The second-order valence-electron chi connectivity index (χ2n) is 6.22. The number of ketones is 1. The summed E-state index contributed by atoms with van der Waals surface area (Å²) < 4.78 is 7.69. The van der Waals surface area contributed by atoms with Crippen molar-refractivity contribution >= 4 is 11.6 Å². The lowest BCUT2D eigenvalue weighted by Crippen LogP contribution is -2.53. The highest BCUT2D eigenvalue weighted by Crippen LogP contribution is 2.17. The number of aromatic nitrogens is 2. The normalized spacial score (nSPS) is 23.7. The van der Waals surface area contributed by atoms with Crippen molar-refractivity contribution in [2.75, 3.05) is 18.8 Å². The third-order valence-electron chi connectivity index (χ3n) is 4.33. The first-order chi connectivity index (χ1) is 10.6. The van der Waals surface area contributed by atoms with Gasteiger partial charge in [-0.1, -0.05) is 0 Å². The Bertz CT molecular complexity index is 726. The summed E-state index contributed by atoms with van der Waals surface area (Å²) in [6.07, 6.45) is 0.0172. The lowest BCUT2D eigenvalue weighted by Gasteiger charge is -2.38. The number of carbonyl (C=O) groups excluding carboxylic acids is 1. The molecule has 3 atom stereocenters. The van der Waals surface area contributed by atoms with Crippen molar-refractivity contribution in [3.63, 3.8) is 0 Å². The molecule has 0 spiro atoms. The van der Waals surface area contributed by atoms with Gasteiger partial charge in [-0.2, -0.15) is 0 Å². The Morgan fingerprint density at radius 1 is 1.17 bits per heavy atom. The smallest absolute Gasteiger partial charge is 0.332 e. The summed E-state index contributed by atoms with van der Waals surface area (Å²) in [4.78, 5) is 39.0. The molecule has 128 valence electrons.